The van der Waals surface area contributed by atoms with Gasteiger partial charge in [0.25, 0.3) is 0 Å². The molecule has 0 aromatic carbocycles. The van der Waals surface area contributed by atoms with Crippen molar-refractivity contribution in [3.63, 3.8) is 0 Å². The summed E-state index contributed by atoms with van der Waals surface area (Å²) in [5, 5.41) is 12.6. The molecular weight excluding hydrogens is 228 g/mol. The Hall–Kier alpha value is -1.95. The maximum absolute atomic E-state index is 5.90. The van der Waals surface area contributed by atoms with Gasteiger partial charge in [0.2, 0.25) is 0 Å². The van der Waals surface area contributed by atoms with Crippen molar-refractivity contribution in [1.82, 2.24) is 29.4 Å². The number of hydrogen-bond donors (Lipinski definition) is 0. The first-order chi connectivity index (χ1) is 7.75. The lowest BCUT2D eigenvalue weighted by Crippen LogP contribution is -1.93. The summed E-state index contributed by atoms with van der Waals surface area (Å²) >= 11 is 5.90. The highest BCUT2D eigenvalue weighted by Crippen LogP contribution is 2.18. The molecule has 3 aromatic rings. The maximum atomic E-state index is 5.90. The molecule has 0 fully saturated rings. The third-order valence-corrected chi connectivity index (χ3v) is 2.49. The Bertz CT molecular complexity index is 655. The van der Waals surface area contributed by atoms with Crippen molar-refractivity contribution >= 4 is 17.2 Å². The van der Waals surface area contributed by atoms with Gasteiger partial charge < -0.3 is 0 Å². The van der Waals surface area contributed by atoms with Gasteiger partial charge in [-0.05, 0) is 6.07 Å². The second kappa shape index (κ2) is 3.28. The molecule has 3 rings (SSSR count). The molecular formula is C9H7ClN6. The van der Waals surface area contributed by atoms with Crippen LogP contribution < -0.4 is 0 Å². The normalized spacial score (nSPS) is 11.1. The molecule has 3 heterocycles. The van der Waals surface area contributed by atoms with Crippen molar-refractivity contribution in [2.75, 3.05) is 0 Å². The van der Waals surface area contributed by atoms with Gasteiger partial charge in [-0.3, -0.25) is 9.08 Å². The first-order valence-corrected chi connectivity index (χ1v) is 4.99. The highest BCUT2D eigenvalue weighted by atomic mass is 35.5. The fourth-order valence-electron chi connectivity index (χ4n) is 1.51. The van der Waals surface area contributed by atoms with E-state index < -0.39 is 0 Å². The van der Waals surface area contributed by atoms with E-state index >= 15 is 0 Å². The summed E-state index contributed by atoms with van der Waals surface area (Å²) < 4.78 is 3.47. The number of halogens is 1. The summed E-state index contributed by atoms with van der Waals surface area (Å²) in [5.41, 5.74) is 1.28. The third kappa shape index (κ3) is 1.27. The van der Waals surface area contributed by atoms with Crippen molar-refractivity contribution in [2.45, 2.75) is 0 Å². The second-order valence-electron chi connectivity index (χ2n) is 3.31. The molecule has 0 radical (unpaired) electrons. The van der Waals surface area contributed by atoms with E-state index in [2.05, 4.69) is 20.3 Å². The lowest BCUT2D eigenvalue weighted by molar-refractivity contribution is 0.768. The van der Waals surface area contributed by atoms with Crippen LogP contribution in [-0.4, -0.2) is 29.4 Å². The molecule has 3 aromatic heterocycles. The summed E-state index contributed by atoms with van der Waals surface area (Å²) in [6.07, 6.45) is 5.20. The summed E-state index contributed by atoms with van der Waals surface area (Å²) in [6, 6.07) is 1.87. The lowest BCUT2D eigenvalue weighted by Gasteiger charge is -1.96. The molecule has 0 saturated carbocycles. The molecule has 0 bridgehead atoms. The molecule has 16 heavy (non-hydrogen) atoms. The Morgan fingerprint density at radius 3 is 2.88 bits per heavy atom. The van der Waals surface area contributed by atoms with Gasteiger partial charge in [-0.15, -0.1) is 10.2 Å². The molecule has 0 aliphatic heterocycles. The van der Waals surface area contributed by atoms with Crippen molar-refractivity contribution in [3.05, 3.63) is 29.8 Å². The second-order valence-corrected chi connectivity index (χ2v) is 3.67. The van der Waals surface area contributed by atoms with E-state index in [0.29, 0.717) is 16.6 Å². The summed E-state index contributed by atoms with van der Waals surface area (Å²) in [5.74, 6) is 0.653. The Kier molecular flexibility index (Phi) is 1.90. The van der Waals surface area contributed by atoms with E-state index in [0.717, 1.165) is 5.69 Å². The minimum atomic E-state index is 0.331. The molecule has 0 saturated heterocycles. The molecule has 0 amide bonds. The average Bonchev–Trinajstić information content (AvgIpc) is 2.84. The lowest BCUT2D eigenvalue weighted by atomic mass is 10.4. The topological polar surface area (TPSA) is 60.9 Å². The fourth-order valence-corrected chi connectivity index (χ4v) is 1.69. The molecule has 80 valence electrons. The van der Waals surface area contributed by atoms with E-state index in [9.17, 15) is 0 Å². The number of nitrogens with zero attached hydrogens (tertiary/aromatic N) is 6. The Balaban J connectivity index is 2.29. The van der Waals surface area contributed by atoms with Gasteiger partial charge in [-0.1, -0.05) is 11.6 Å². The monoisotopic (exact) mass is 234 g/mol. The Morgan fingerprint density at radius 1 is 1.25 bits per heavy atom. The summed E-state index contributed by atoms with van der Waals surface area (Å²) in [6.45, 7) is 0. The van der Waals surface area contributed by atoms with Gasteiger partial charge in [-0.25, -0.2) is 4.98 Å². The van der Waals surface area contributed by atoms with E-state index in [1.807, 2.05) is 19.3 Å². The molecule has 0 aliphatic carbocycles. The molecule has 6 nitrogen and oxygen atoms in total. The summed E-state index contributed by atoms with van der Waals surface area (Å²) in [4.78, 5) is 3.94. The van der Waals surface area contributed by atoms with Crippen molar-refractivity contribution < 1.29 is 0 Å². The van der Waals surface area contributed by atoms with Crippen LogP contribution in [0.1, 0.15) is 0 Å². The maximum Gasteiger partial charge on any atom is 0.198 e. The van der Waals surface area contributed by atoms with Gasteiger partial charge in [0.15, 0.2) is 16.6 Å². The number of fused-ring (bicyclic) bond motifs is 1. The van der Waals surface area contributed by atoms with Crippen molar-refractivity contribution in [1.29, 1.82) is 0 Å². The van der Waals surface area contributed by atoms with Crippen LogP contribution in [0.4, 0.5) is 0 Å². The van der Waals surface area contributed by atoms with Crippen molar-refractivity contribution in [3.8, 4) is 11.5 Å². The highest BCUT2D eigenvalue weighted by Gasteiger charge is 2.12. The predicted molar refractivity (Wildman–Crippen MR) is 58.0 cm³/mol. The highest BCUT2D eigenvalue weighted by molar-refractivity contribution is 6.32. The first kappa shape index (κ1) is 9.29. The van der Waals surface area contributed by atoms with Gasteiger partial charge in [0.1, 0.15) is 5.69 Å². The standard InChI is InChI=1S/C9H7ClN6/c1-15-4-2-6(14-15)8-12-13-9-7(10)11-3-5-16(8)9/h2-5H,1H3. The van der Waals surface area contributed by atoms with Crippen LogP contribution in [0.15, 0.2) is 24.7 Å². The van der Waals surface area contributed by atoms with Gasteiger partial charge in [0, 0.05) is 25.6 Å². The molecule has 0 aliphatic rings. The third-order valence-electron chi connectivity index (χ3n) is 2.23. The first-order valence-electron chi connectivity index (χ1n) is 4.61. The van der Waals surface area contributed by atoms with Crippen LogP contribution in [0.5, 0.6) is 0 Å². The minimum Gasteiger partial charge on any atom is -0.277 e. The van der Waals surface area contributed by atoms with Crippen LogP contribution in [0.25, 0.3) is 17.2 Å². The summed E-state index contributed by atoms with van der Waals surface area (Å²) in [7, 11) is 1.85. The number of aryl methyl sites for hydroxylation is 1. The van der Waals surface area contributed by atoms with E-state index in [1.165, 1.54) is 0 Å². The van der Waals surface area contributed by atoms with Crippen LogP contribution in [0.3, 0.4) is 0 Å². The predicted octanol–water partition coefficient (Wildman–Crippen LogP) is 1.18. The molecule has 0 N–H and O–H groups in total. The van der Waals surface area contributed by atoms with Gasteiger partial charge in [-0.2, -0.15) is 5.10 Å². The van der Waals surface area contributed by atoms with E-state index in [1.54, 1.807) is 21.5 Å². The zero-order valence-corrected chi connectivity index (χ0v) is 9.13. The van der Waals surface area contributed by atoms with Crippen molar-refractivity contribution in [2.24, 2.45) is 7.05 Å². The number of aromatic nitrogens is 6. The quantitative estimate of drug-likeness (QED) is 0.634. The van der Waals surface area contributed by atoms with Gasteiger partial charge in [0.05, 0.1) is 0 Å². The van der Waals surface area contributed by atoms with Crippen LogP contribution in [0, 0.1) is 0 Å². The Labute approximate surface area is 95.5 Å². The molecule has 0 spiro atoms. The van der Waals surface area contributed by atoms with E-state index in [4.69, 9.17) is 11.6 Å². The minimum absolute atomic E-state index is 0.331. The zero-order valence-electron chi connectivity index (χ0n) is 8.37. The SMILES string of the molecule is Cn1ccc(-c2nnc3c(Cl)nccn23)n1. The number of hydrogen-bond acceptors (Lipinski definition) is 4. The average molecular weight is 235 g/mol. The molecule has 0 unspecified atom stereocenters. The fraction of sp³-hybridized carbons (Fsp3) is 0.111. The van der Waals surface area contributed by atoms with Gasteiger partial charge >= 0.3 is 0 Å². The number of rotatable bonds is 1. The smallest absolute Gasteiger partial charge is 0.198 e. The molecule has 7 heteroatoms. The molecule has 0 atom stereocenters. The van der Waals surface area contributed by atoms with E-state index in [-0.39, 0.29) is 0 Å². The van der Waals surface area contributed by atoms with Crippen LogP contribution >= 0.6 is 11.6 Å². The largest absolute Gasteiger partial charge is 0.277 e. The van der Waals surface area contributed by atoms with Crippen LogP contribution in [0.2, 0.25) is 5.15 Å². The van der Waals surface area contributed by atoms with Crippen LogP contribution in [-0.2, 0) is 7.05 Å². The zero-order chi connectivity index (χ0) is 11.1. The Morgan fingerprint density at radius 2 is 2.12 bits per heavy atom.